The number of carbonyl (C=O) groups is 1. The van der Waals surface area contributed by atoms with E-state index in [0.29, 0.717) is 29.1 Å². The van der Waals surface area contributed by atoms with Gasteiger partial charge in [0.05, 0.1) is 12.2 Å². The molecule has 1 fully saturated rings. The van der Waals surface area contributed by atoms with Crippen molar-refractivity contribution in [1.29, 1.82) is 0 Å². The molecule has 31 heavy (non-hydrogen) atoms. The summed E-state index contributed by atoms with van der Waals surface area (Å²) >= 11 is 7.46. The maximum absolute atomic E-state index is 12.7. The Bertz CT molecular complexity index is 1090. The van der Waals surface area contributed by atoms with Gasteiger partial charge in [-0.05, 0) is 68.8 Å². The van der Waals surface area contributed by atoms with E-state index in [4.69, 9.17) is 17.0 Å². The molecule has 0 saturated carbocycles. The number of fused-ring (bicyclic) bond motifs is 5. The van der Waals surface area contributed by atoms with Gasteiger partial charge in [0, 0.05) is 42.2 Å². The van der Waals surface area contributed by atoms with Gasteiger partial charge in [-0.1, -0.05) is 6.07 Å². The van der Waals surface area contributed by atoms with E-state index in [-0.39, 0.29) is 11.5 Å². The van der Waals surface area contributed by atoms with Crippen LogP contribution in [0.3, 0.4) is 0 Å². The lowest BCUT2D eigenvalue weighted by atomic mass is 9.83. The summed E-state index contributed by atoms with van der Waals surface area (Å²) in [5.74, 6) is 0.436. The lowest BCUT2D eigenvalue weighted by Crippen LogP contribution is -2.50. The van der Waals surface area contributed by atoms with Gasteiger partial charge in [-0.3, -0.25) is 4.79 Å². The maximum Gasteiger partial charge on any atom is 0.341 e. The largest absolute Gasteiger partial charge is 0.462 e. The standard InChI is InChI=1S/C23H27N3O3S2/c1-2-29-22(28)20-16-6-3-4-8-18(16)31-21(20)24-23(30)25-11-14-10-15(13-25)17-7-5-9-19(27)26(17)12-14/h5,7,9,14-15H,2-4,6,8,10-13H2,1H3,(H,24,30)/t14-,15+/m1/s1. The molecule has 1 N–H and O–H groups in total. The second kappa shape index (κ2) is 8.39. The quantitative estimate of drug-likeness (QED) is 0.559. The fourth-order valence-corrected chi connectivity index (χ4v) is 6.90. The van der Waals surface area contributed by atoms with Crippen LogP contribution in [0, 0.1) is 5.92 Å². The highest BCUT2D eigenvalue weighted by atomic mass is 32.1. The van der Waals surface area contributed by atoms with Crippen LogP contribution in [0.25, 0.3) is 0 Å². The summed E-state index contributed by atoms with van der Waals surface area (Å²) in [4.78, 5) is 28.5. The van der Waals surface area contributed by atoms with Crippen molar-refractivity contribution in [3.05, 3.63) is 50.3 Å². The zero-order valence-corrected chi connectivity index (χ0v) is 19.3. The van der Waals surface area contributed by atoms with Crippen LogP contribution in [0.4, 0.5) is 5.00 Å². The molecule has 3 aliphatic rings. The summed E-state index contributed by atoms with van der Waals surface area (Å²) in [6.45, 7) is 4.55. The number of hydrogen-bond acceptors (Lipinski definition) is 5. The Balaban J connectivity index is 1.38. The molecule has 8 heteroatoms. The number of esters is 1. The van der Waals surface area contributed by atoms with Gasteiger partial charge in [0.2, 0.25) is 0 Å². The molecule has 0 radical (unpaired) electrons. The SMILES string of the molecule is CCOC(=O)c1c(NC(=S)N2C[C@H]3C[C@@H](C2)c2cccc(=O)n2C3)sc2c1CCCC2. The van der Waals surface area contributed by atoms with Gasteiger partial charge >= 0.3 is 5.97 Å². The number of rotatable bonds is 3. The summed E-state index contributed by atoms with van der Waals surface area (Å²) in [5.41, 5.74) is 3.02. The molecule has 0 unspecified atom stereocenters. The number of nitrogens with zero attached hydrogens (tertiary/aromatic N) is 2. The normalized spacial score (nSPS) is 21.8. The van der Waals surface area contributed by atoms with Gasteiger partial charge in [0.15, 0.2) is 5.11 Å². The van der Waals surface area contributed by atoms with Crippen molar-refractivity contribution in [2.75, 3.05) is 25.0 Å². The van der Waals surface area contributed by atoms with E-state index in [1.165, 1.54) is 4.88 Å². The molecule has 2 aromatic heterocycles. The van der Waals surface area contributed by atoms with E-state index in [2.05, 4.69) is 16.3 Å². The molecule has 5 rings (SSSR count). The van der Waals surface area contributed by atoms with Gasteiger partial charge in [0.25, 0.3) is 5.56 Å². The van der Waals surface area contributed by atoms with Gasteiger partial charge < -0.3 is 19.5 Å². The molecule has 2 atom stereocenters. The Morgan fingerprint density at radius 2 is 2.10 bits per heavy atom. The van der Waals surface area contributed by atoms with E-state index in [1.54, 1.807) is 17.4 Å². The van der Waals surface area contributed by atoms with Crippen LogP contribution >= 0.6 is 23.6 Å². The molecule has 1 saturated heterocycles. The predicted octanol–water partition coefficient (Wildman–Crippen LogP) is 3.78. The summed E-state index contributed by atoms with van der Waals surface area (Å²) in [6.07, 6.45) is 5.29. The van der Waals surface area contributed by atoms with Crippen molar-refractivity contribution in [3.8, 4) is 0 Å². The van der Waals surface area contributed by atoms with Crippen molar-refractivity contribution >= 4 is 39.6 Å². The highest BCUT2D eigenvalue weighted by Gasteiger charge is 2.36. The first-order valence-corrected chi connectivity index (χ1v) is 12.3. The molecule has 6 nitrogen and oxygen atoms in total. The van der Waals surface area contributed by atoms with Crippen LogP contribution in [0.1, 0.15) is 58.6 Å². The highest BCUT2D eigenvalue weighted by Crippen LogP contribution is 2.40. The number of nitrogens with one attached hydrogen (secondary N) is 1. The van der Waals surface area contributed by atoms with Gasteiger partial charge in [-0.25, -0.2) is 4.79 Å². The van der Waals surface area contributed by atoms with Gasteiger partial charge in [0.1, 0.15) is 5.00 Å². The number of piperidine rings is 1. The highest BCUT2D eigenvalue weighted by molar-refractivity contribution is 7.80. The van der Waals surface area contributed by atoms with Gasteiger partial charge in [-0.15, -0.1) is 11.3 Å². The summed E-state index contributed by atoms with van der Waals surface area (Å²) in [7, 11) is 0. The fraction of sp³-hybridized carbons (Fsp3) is 0.522. The maximum atomic E-state index is 12.7. The number of thiocarbonyl (C=S) groups is 1. The van der Waals surface area contributed by atoms with Crippen LogP contribution in [-0.2, 0) is 24.1 Å². The number of likely N-dealkylation sites (tertiary alicyclic amines) is 1. The number of thiophene rings is 1. The Hall–Kier alpha value is -2.19. The summed E-state index contributed by atoms with van der Waals surface area (Å²) < 4.78 is 7.30. The monoisotopic (exact) mass is 457 g/mol. The third-order valence-electron chi connectivity index (χ3n) is 6.64. The average Bonchev–Trinajstić information content (AvgIpc) is 3.12. The van der Waals surface area contributed by atoms with Crippen LogP contribution in [0.2, 0.25) is 0 Å². The lowest BCUT2D eigenvalue weighted by molar-refractivity contribution is 0.0526. The summed E-state index contributed by atoms with van der Waals surface area (Å²) in [6, 6.07) is 5.56. The van der Waals surface area contributed by atoms with Crippen molar-refractivity contribution in [2.45, 2.75) is 51.5 Å². The third-order valence-corrected chi connectivity index (χ3v) is 8.21. The molecular weight excluding hydrogens is 430 g/mol. The van der Waals surface area contributed by atoms with Crippen LogP contribution < -0.4 is 10.9 Å². The Morgan fingerprint density at radius 3 is 2.94 bits per heavy atom. The number of carbonyl (C=O) groups excluding carboxylic acids is 1. The molecule has 2 aromatic rings. The van der Waals surface area contributed by atoms with Crippen LogP contribution in [-0.4, -0.2) is 40.2 Å². The second-order valence-electron chi connectivity index (χ2n) is 8.67. The van der Waals surface area contributed by atoms with E-state index >= 15 is 0 Å². The Morgan fingerprint density at radius 1 is 1.26 bits per heavy atom. The lowest BCUT2D eigenvalue weighted by Gasteiger charge is -2.43. The molecule has 2 bridgehead atoms. The minimum absolute atomic E-state index is 0.0876. The van der Waals surface area contributed by atoms with Crippen LogP contribution in [0.5, 0.6) is 0 Å². The molecule has 164 valence electrons. The topological polar surface area (TPSA) is 63.6 Å². The number of hydrogen-bond donors (Lipinski definition) is 1. The number of anilines is 1. The molecule has 2 aliphatic heterocycles. The first kappa shape index (κ1) is 20.7. The van der Waals surface area contributed by atoms with Crippen molar-refractivity contribution in [2.24, 2.45) is 5.92 Å². The first-order chi connectivity index (χ1) is 15.0. The minimum Gasteiger partial charge on any atom is -0.462 e. The van der Waals surface area contributed by atoms with E-state index in [9.17, 15) is 9.59 Å². The zero-order valence-electron chi connectivity index (χ0n) is 17.7. The Labute approximate surface area is 191 Å². The fourth-order valence-electron chi connectivity index (χ4n) is 5.31. The number of aryl methyl sites for hydroxylation is 1. The zero-order chi connectivity index (χ0) is 21.5. The van der Waals surface area contributed by atoms with Crippen molar-refractivity contribution in [3.63, 3.8) is 0 Å². The molecule has 0 amide bonds. The smallest absolute Gasteiger partial charge is 0.341 e. The molecule has 0 spiro atoms. The van der Waals surface area contributed by atoms with E-state index < -0.39 is 0 Å². The van der Waals surface area contributed by atoms with E-state index in [0.717, 1.165) is 68.0 Å². The number of pyridine rings is 1. The van der Waals surface area contributed by atoms with Crippen molar-refractivity contribution < 1.29 is 9.53 Å². The predicted molar refractivity (Wildman–Crippen MR) is 126 cm³/mol. The third kappa shape index (κ3) is 3.80. The van der Waals surface area contributed by atoms with Crippen molar-refractivity contribution in [1.82, 2.24) is 9.47 Å². The first-order valence-electron chi connectivity index (χ1n) is 11.1. The summed E-state index contributed by atoms with van der Waals surface area (Å²) in [5, 5.41) is 4.89. The molecule has 4 heterocycles. The number of aromatic nitrogens is 1. The Kier molecular flexibility index (Phi) is 5.60. The van der Waals surface area contributed by atoms with E-state index in [1.807, 2.05) is 17.6 Å². The second-order valence-corrected chi connectivity index (χ2v) is 10.2. The molecule has 1 aliphatic carbocycles. The minimum atomic E-state index is -0.254. The molecule has 0 aromatic carbocycles. The van der Waals surface area contributed by atoms with Gasteiger partial charge in [-0.2, -0.15) is 0 Å². The van der Waals surface area contributed by atoms with Crippen LogP contribution in [0.15, 0.2) is 23.0 Å². The molecular formula is C23H27N3O3S2. The number of ether oxygens (including phenoxy) is 1. The average molecular weight is 458 g/mol.